The molecule has 0 amide bonds. The third-order valence-electron chi connectivity index (χ3n) is 13.5. The summed E-state index contributed by atoms with van der Waals surface area (Å²) in [7, 11) is 0. The predicted octanol–water partition coefficient (Wildman–Crippen LogP) is 17.6. The molecule has 2 heterocycles. The Labute approximate surface area is 395 Å². The highest BCUT2D eigenvalue weighted by Crippen LogP contribution is 2.46. The van der Waals surface area contributed by atoms with Crippen LogP contribution in [0.15, 0.2) is 267 Å². The second-order valence-electron chi connectivity index (χ2n) is 17.3. The molecule has 0 aliphatic carbocycles. The van der Waals surface area contributed by atoms with E-state index in [0.717, 1.165) is 61.8 Å². The van der Waals surface area contributed by atoms with Crippen molar-refractivity contribution in [1.82, 2.24) is 9.13 Å². The zero-order valence-corrected chi connectivity index (χ0v) is 37.2. The standard InChI is InChI=1S/C64H44N4/c1-4-18-47(19-5-1)65(48-20-6-2-7-21-48)62-42-43-63(56-25-11-10-24-55(56)62)66(51-37-39-52(40-38-51)67-59-29-15-12-26-53(59)54-27-13-16-30-60(54)67)50-35-32-45(33-36-50)46-34-41-58-57-28-14-17-31-61(57)68(64(58)44-46)49-22-8-3-9-23-49/h1-44H. The maximum absolute atomic E-state index is 2.41. The van der Waals surface area contributed by atoms with E-state index < -0.39 is 0 Å². The van der Waals surface area contributed by atoms with Gasteiger partial charge in [0.05, 0.1) is 33.4 Å². The van der Waals surface area contributed by atoms with Crippen LogP contribution in [0.3, 0.4) is 0 Å². The first-order valence-electron chi connectivity index (χ1n) is 23.3. The van der Waals surface area contributed by atoms with E-state index in [-0.39, 0.29) is 0 Å². The smallest absolute Gasteiger partial charge is 0.0547 e. The molecular weight excluding hydrogens is 825 g/mol. The zero-order chi connectivity index (χ0) is 45.0. The van der Waals surface area contributed by atoms with Gasteiger partial charge in [-0.05, 0) is 120 Å². The molecule has 0 spiro atoms. The van der Waals surface area contributed by atoms with Gasteiger partial charge in [0.15, 0.2) is 0 Å². The first kappa shape index (κ1) is 39.3. The van der Waals surface area contributed by atoms with E-state index in [1.165, 1.54) is 49.2 Å². The van der Waals surface area contributed by atoms with Crippen LogP contribution in [0.25, 0.3) is 76.9 Å². The molecule has 13 aromatic rings. The van der Waals surface area contributed by atoms with Gasteiger partial charge in [0.25, 0.3) is 0 Å². The number of hydrogen-bond acceptors (Lipinski definition) is 2. The molecular formula is C64H44N4. The van der Waals surface area contributed by atoms with Crippen molar-refractivity contribution in [2.75, 3.05) is 9.80 Å². The molecule has 13 rings (SSSR count). The fourth-order valence-electron chi connectivity index (χ4n) is 10.4. The van der Waals surface area contributed by atoms with Gasteiger partial charge in [-0.2, -0.15) is 0 Å². The van der Waals surface area contributed by atoms with Crippen LogP contribution >= 0.6 is 0 Å². The van der Waals surface area contributed by atoms with E-state index >= 15 is 0 Å². The van der Waals surface area contributed by atoms with Crippen molar-refractivity contribution >= 4 is 88.5 Å². The molecule has 4 nitrogen and oxygen atoms in total. The van der Waals surface area contributed by atoms with Crippen molar-refractivity contribution < 1.29 is 0 Å². The van der Waals surface area contributed by atoms with Crippen LogP contribution in [0.1, 0.15) is 0 Å². The number of nitrogens with zero attached hydrogens (tertiary/aromatic N) is 4. The largest absolute Gasteiger partial charge is 0.310 e. The summed E-state index contributed by atoms with van der Waals surface area (Å²) >= 11 is 0. The molecule has 0 radical (unpaired) electrons. The number of rotatable bonds is 9. The van der Waals surface area contributed by atoms with Gasteiger partial charge in [0, 0.05) is 66.4 Å². The van der Waals surface area contributed by atoms with E-state index in [0.29, 0.717) is 0 Å². The van der Waals surface area contributed by atoms with E-state index in [9.17, 15) is 0 Å². The molecule has 4 heteroatoms. The second kappa shape index (κ2) is 16.4. The Morgan fingerprint density at radius 1 is 0.221 bits per heavy atom. The van der Waals surface area contributed by atoms with Crippen LogP contribution in [-0.4, -0.2) is 9.13 Å². The molecule has 2 aromatic heterocycles. The lowest BCUT2D eigenvalue weighted by Gasteiger charge is -2.30. The maximum atomic E-state index is 2.41. The molecule has 0 fully saturated rings. The zero-order valence-electron chi connectivity index (χ0n) is 37.2. The first-order valence-corrected chi connectivity index (χ1v) is 23.3. The molecule has 68 heavy (non-hydrogen) atoms. The molecule has 0 N–H and O–H groups in total. The highest BCUT2D eigenvalue weighted by atomic mass is 15.2. The number of para-hydroxylation sites is 6. The Morgan fingerprint density at radius 3 is 1.04 bits per heavy atom. The summed E-state index contributed by atoms with van der Waals surface area (Å²) in [4.78, 5) is 4.78. The lowest BCUT2D eigenvalue weighted by Crippen LogP contribution is -2.13. The number of benzene rings is 11. The Balaban J connectivity index is 0.968. The molecule has 0 saturated carbocycles. The average molecular weight is 869 g/mol. The molecule has 0 unspecified atom stereocenters. The van der Waals surface area contributed by atoms with E-state index in [4.69, 9.17) is 0 Å². The van der Waals surface area contributed by atoms with Crippen LogP contribution in [0, 0.1) is 0 Å². The number of hydrogen-bond donors (Lipinski definition) is 0. The lowest BCUT2D eigenvalue weighted by atomic mass is 10.0. The van der Waals surface area contributed by atoms with Gasteiger partial charge in [0.1, 0.15) is 0 Å². The van der Waals surface area contributed by atoms with Gasteiger partial charge < -0.3 is 18.9 Å². The molecule has 0 saturated heterocycles. The van der Waals surface area contributed by atoms with E-state index in [1.54, 1.807) is 0 Å². The number of anilines is 6. The third kappa shape index (κ3) is 6.53. The fourth-order valence-corrected chi connectivity index (χ4v) is 10.4. The number of fused-ring (bicyclic) bond motifs is 7. The summed E-state index contributed by atoms with van der Waals surface area (Å²) in [5.74, 6) is 0. The predicted molar refractivity (Wildman–Crippen MR) is 287 cm³/mol. The van der Waals surface area contributed by atoms with Crippen molar-refractivity contribution in [3.8, 4) is 22.5 Å². The van der Waals surface area contributed by atoms with Crippen LogP contribution in [0.4, 0.5) is 34.1 Å². The van der Waals surface area contributed by atoms with Gasteiger partial charge in [-0.15, -0.1) is 0 Å². The fraction of sp³-hybridized carbons (Fsp3) is 0. The highest BCUT2D eigenvalue weighted by molar-refractivity contribution is 6.11. The van der Waals surface area contributed by atoms with Gasteiger partial charge >= 0.3 is 0 Å². The summed E-state index contributed by atoms with van der Waals surface area (Å²) in [6.07, 6.45) is 0. The quantitative estimate of drug-likeness (QED) is 0.144. The Hall–Kier alpha value is -9.12. The van der Waals surface area contributed by atoms with Crippen molar-refractivity contribution in [2.45, 2.75) is 0 Å². The van der Waals surface area contributed by atoms with Crippen LogP contribution in [-0.2, 0) is 0 Å². The Kier molecular flexibility index (Phi) is 9.47. The van der Waals surface area contributed by atoms with Gasteiger partial charge in [-0.3, -0.25) is 0 Å². The number of aromatic nitrogens is 2. The monoisotopic (exact) mass is 868 g/mol. The summed E-state index contributed by atoms with van der Waals surface area (Å²) in [6.45, 7) is 0. The molecule has 320 valence electrons. The summed E-state index contributed by atoms with van der Waals surface area (Å²) in [6, 6.07) is 96.6. The third-order valence-corrected chi connectivity index (χ3v) is 13.5. The van der Waals surface area contributed by atoms with Crippen LogP contribution in [0.5, 0.6) is 0 Å². The van der Waals surface area contributed by atoms with Gasteiger partial charge in [-0.25, -0.2) is 0 Å². The lowest BCUT2D eigenvalue weighted by molar-refractivity contribution is 1.17. The van der Waals surface area contributed by atoms with Crippen LogP contribution < -0.4 is 9.80 Å². The second-order valence-corrected chi connectivity index (χ2v) is 17.3. The summed E-state index contributed by atoms with van der Waals surface area (Å²) in [5.41, 5.74) is 15.9. The molecule has 0 bridgehead atoms. The van der Waals surface area contributed by atoms with Gasteiger partial charge in [0.2, 0.25) is 0 Å². The maximum Gasteiger partial charge on any atom is 0.0547 e. The summed E-state index contributed by atoms with van der Waals surface area (Å²) in [5, 5.41) is 7.30. The van der Waals surface area contributed by atoms with Crippen molar-refractivity contribution in [3.63, 3.8) is 0 Å². The first-order chi connectivity index (χ1) is 33.8. The average Bonchev–Trinajstić information content (AvgIpc) is 3.93. The van der Waals surface area contributed by atoms with Crippen molar-refractivity contribution in [2.24, 2.45) is 0 Å². The van der Waals surface area contributed by atoms with E-state index in [2.05, 4.69) is 286 Å². The van der Waals surface area contributed by atoms with Crippen LogP contribution in [0.2, 0.25) is 0 Å². The normalized spacial score (nSPS) is 11.5. The molecule has 0 atom stereocenters. The van der Waals surface area contributed by atoms with Crippen molar-refractivity contribution in [3.05, 3.63) is 267 Å². The molecule has 0 aliphatic heterocycles. The minimum absolute atomic E-state index is 1.07. The summed E-state index contributed by atoms with van der Waals surface area (Å²) < 4.78 is 4.77. The minimum Gasteiger partial charge on any atom is -0.310 e. The van der Waals surface area contributed by atoms with E-state index in [1.807, 2.05) is 0 Å². The van der Waals surface area contributed by atoms with Crippen molar-refractivity contribution in [1.29, 1.82) is 0 Å². The Bertz CT molecular complexity index is 3850. The minimum atomic E-state index is 1.07. The molecule has 0 aliphatic rings. The SMILES string of the molecule is c1ccc(N(c2ccccc2)c2ccc(N(c3ccc(-c4ccc5c6ccccc6n(-c6ccccc6)c5c4)cc3)c3ccc(-n4c5ccccc5c5ccccc54)cc3)c3ccccc23)cc1. The topological polar surface area (TPSA) is 16.3 Å². The molecule has 11 aromatic carbocycles. The Morgan fingerprint density at radius 2 is 0.559 bits per heavy atom. The van der Waals surface area contributed by atoms with Gasteiger partial charge in [-0.1, -0.05) is 158 Å². The highest BCUT2D eigenvalue weighted by Gasteiger charge is 2.22.